The molecule has 128 valence electrons. The third-order valence-electron chi connectivity index (χ3n) is 4.49. The van der Waals surface area contributed by atoms with Crippen molar-refractivity contribution in [1.82, 2.24) is 4.90 Å². The Kier molecular flexibility index (Phi) is 5.46. The first-order valence-electron chi connectivity index (χ1n) is 8.13. The zero-order valence-corrected chi connectivity index (χ0v) is 15.5. The molecule has 3 rings (SSSR count). The number of benzene rings is 1. The maximum Gasteiger partial charge on any atom is 0.266 e. The molecule has 24 heavy (non-hydrogen) atoms. The summed E-state index contributed by atoms with van der Waals surface area (Å²) >= 11 is 6.85. The van der Waals surface area contributed by atoms with Crippen molar-refractivity contribution in [3.63, 3.8) is 0 Å². The molecule has 4 nitrogen and oxygen atoms in total. The van der Waals surface area contributed by atoms with Gasteiger partial charge in [-0.3, -0.25) is 9.69 Å². The molecule has 1 aromatic carbocycles. The molecule has 0 bridgehead atoms. The lowest BCUT2D eigenvalue weighted by molar-refractivity contribution is -0.124. The second-order valence-corrected chi connectivity index (χ2v) is 7.63. The number of hydrogen-bond donors (Lipinski definition) is 0. The van der Waals surface area contributed by atoms with Crippen LogP contribution in [-0.4, -0.2) is 35.4 Å². The van der Waals surface area contributed by atoms with Gasteiger partial charge in [-0.2, -0.15) is 0 Å². The van der Waals surface area contributed by atoms with Crippen molar-refractivity contribution in [3.05, 3.63) is 28.7 Å². The third kappa shape index (κ3) is 3.44. The van der Waals surface area contributed by atoms with Crippen LogP contribution in [0.4, 0.5) is 0 Å². The van der Waals surface area contributed by atoms with Gasteiger partial charge >= 0.3 is 0 Å². The predicted molar refractivity (Wildman–Crippen MR) is 101 cm³/mol. The number of carbonyl (C=O) groups excluding carboxylic acids is 1. The van der Waals surface area contributed by atoms with E-state index in [1.54, 1.807) is 14.2 Å². The van der Waals surface area contributed by atoms with Crippen LogP contribution < -0.4 is 9.47 Å². The van der Waals surface area contributed by atoms with Crippen LogP contribution >= 0.6 is 24.0 Å². The van der Waals surface area contributed by atoms with Crippen molar-refractivity contribution in [3.8, 4) is 11.5 Å². The van der Waals surface area contributed by atoms with Crippen LogP contribution in [0.2, 0.25) is 0 Å². The molecular formula is C18H21NO3S2. The van der Waals surface area contributed by atoms with Gasteiger partial charge in [0.25, 0.3) is 5.91 Å². The van der Waals surface area contributed by atoms with Crippen molar-refractivity contribution >= 4 is 40.3 Å². The molecule has 1 heterocycles. The first kappa shape index (κ1) is 17.3. The minimum absolute atomic E-state index is 0.0155. The number of carbonyl (C=O) groups is 1. The predicted octanol–water partition coefficient (Wildman–Crippen LogP) is 4.24. The fourth-order valence-electron chi connectivity index (χ4n) is 3.23. The number of hydrogen-bond acceptors (Lipinski definition) is 5. The van der Waals surface area contributed by atoms with E-state index in [9.17, 15) is 4.79 Å². The summed E-state index contributed by atoms with van der Waals surface area (Å²) < 4.78 is 11.3. The number of rotatable bonds is 4. The Balaban J connectivity index is 1.88. The van der Waals surface area contributed by atoms with Gasteiger partial charge in [0, 0.05) is 11.6 Å². The van der Waals surface area contributed by atoms with Crippen LogP contribution in [0.3, 0.4) is 0 Å². The largest absolute Gasteiger partial charge is 0.497 e. The fraction of sp³-hybridized carbons (Fsp3) is 0.444. The molecule has 0 unspecified atom stereocenters. The van der Waals surface area contributed by atoms with Crippen LogP contribution in [0.1, 0.15) is 37.7 Å². The van der Waals surface area contributed by atoms with Crippen molar-refractivity contribution in [2.24, 2.45) is 0 Å². The van der Waals surface area contributed by atoms with Gasteiger partial charge in [-0.25, -0.2) is 0 Å². The molecule has 0 aromatic heterocycles. The van der Waals surface area contributed by atoms with Crippen molar-refractivity contribution in [2.75, 3.05) is 14.2 Å². The van der Waals surface area contributed by atoms with Crippen LogP contribution in [0.25, 0.3) is 6.08 Å². The van der Waals surface area contributed by atoms with E-state index in [4.69, 9.17) is 21.7 Å². The number of ether oxygens (including phenoxy) is 2. The lowest BCUT2D eigenvalue weighted by atomic mass is 9.94. The SMILES string of the molecule is COc1ccc(OC)c(/C=C2/SC(=S)N(C3CCCCC3)C2=O)c1. The average Bonchev–Trinajstić information content (AvgIpc) is 2.89. The van der Waals surface area contributed by atoms with Crippen molar-refractivity contribution in [2.45, 2.75) is 38.1 Å². The van der Waals surface area contributed by atoms with E-state index in [0.717, 1.165) is 24.2 Å². The van der Waals surface area contributed by atoms with Crippen LogP contribution in [-0.2, 0) is 4.79 Å². The molecule has 1 saturated carbocycles. The molecule has 1 saturated heterocycles. The third-order valence-corrected chi connectivity index (χ3v) is 5.82. The fourth-order valence-corrected chi connectivity index (χ4v) is 4.62. The van der Waals surface area contributed by atoms with E-state index in [0.29, 0.717) is 15.0 Å². The number of thioether (sulfide) groups is 1. The van der Waals surface area contributed by atoms with Crippen molar-refractivity contribution in [1.29, 1.82) is 0 Å². The van der Waals surface area contributed by atoms with Gasteiger partial charge in [-0.1, -0.05) is 43.2 Å². The number of methoxy groups -OCH3 is 2. The van der Waals surface area contributed by atoms with E-state index in [1.165, 1.54) is 31.0 Å². The molecule has 0 atom stereocenters. The maximum absolute atomic E-state index is 12.9. The smallest absolute Gasteiger partial charge is 0.266 e. The molecule has 2 fully saturated rings. The normalized spacial score (nSPS) is 20.8. The molecule has 0 spiro atoms. The number of nitrogens with zero attached hydrogens (tertiary/aromatic N) is 1. The Bertz CT molecular complexity index is 681. The summed E-state index contributed by atoms with van der Waals surface area (Å²) in [6.07, 6.45) is 7.53. The minimum atomic E-state index is 0.0155. The highest BCUT2D eigenvalue weighted by Crippen LogP contribution is 2.38. The molecule has 0 radical (unpaired) electrons. The Morgan fingerprint density at radius 1 is 1.21 bits per heavy atom. The van der Waals surface area contributed by atoms with E-state index in [1.807, 2.05) is 29.2 Å². The highest BCUT2D eigenvalue weighted by atomic mass is 32.2. The van der Waals surface area contributed by atoms with Crippen LogP contribution in [0.5, 0.6) is 11.5 Å². The quantitative estimate of drug-likeness (QED) is 0.591. The summed E-state index contributed by atoms with van der Waals surface area (Å²) in [5.41, 5.74) is 0.820. The molecule has 1 aliphatic carbocycles. The summed E-state index contributed by atoms with van der Waals surface area (Å²) in [6.45, 7) is 0. The molecule has 6 heteroatoms. The van der Waals surface area contributed by atoms with Gasteiger partial charge in [0.05, 0.1) is 19.1 Å². The second-order valence-electron chi connectivity index (χ2n) is 5.95. The molecule has 1 amide bonds. The van der Waals surface area contributed by atoms with E-state index in [-0.39, 0.29) is 11.9 Å². The molecule has 1 aliphatic heterocycles. The van der Waals surface area contributed by atoms with Crippen LogP contribution in [0.15, 0.2) is 23.1 Å². The van der Waals surface area contributed by atoms with Gasteiger partial charge in [0.1, 0.15) is 15.8 Å². The summed E-state index contributed by atoms with van der Waals surface area (Å²) in [6, 6.07) is 5.80. The Morgan fingerprint density at radius 2 is 1.96 bits per heavy atom. The maximum atomic E-state index is 12.9. The van der Waals surface area contributed by atoms with Crippen molar-refractivity contribution < 1.29 is 14.3 Å². The highest BCUT2D eigenvalue weighted by molar-refractivity contribution is 8.26. The monoisotopic (exact) mass is 363 g/mol. The van der Waals surface area contributed by atoms with Crippen LogP contribution in [0, 0.1) is 0 Å². The topological polar surface area (TPSA) is 38.8 Å². The van der Waals surface area contributed by atoms with Gasteiger partial charge in [-0.05, 0) is 37.1 Å². The first-order chi connectivity index (χ1) is 11.6. The van der Waals surface area contributed by atoms with E-state index >= 15 is 0 Å². The lowest BCUT2D eigenvalue weighted by Gasteiger charge is -2.29. The molecule has 0 N–H and O–H groups in total. The van der Waals surface area contributed by atoms with E-state index in [2.05, 4.69) is 0 Å². The van der Waals surface area contributed by atoms with Gasteiger partial charge in [-0.15, -0.1) is 0 Å². The van der Waals surface area contributed by atoms with Gasteiger partial charge in [0.2, 0.25) is 0 Å². The zero-order chi connectivity index (χ0) is 17.1. The number of amides is 1. The lowest BCUT2D eigenvalue weighted by Crippen LogP contribution is -2.39. The highest BCUT2D eigenvalue weighted by Gasteiger charge is 2.37. The van der Waals surface area contributed by atoms with E-state index < -0.39 is 0 Å². The average molecular weight is 364 g/mol. The minimum Gasteiger partial charge on any atom is -0.497 e. The first-order valence-corrected chi connectivity index (χ1v) is 9.35. The molecule has 1 aromatic rings. The second kappa shape index (κ2) is 7.57. The summed E-state index contributed by atoms with van der Waals surface area (Å²) in [4.78, 5) is 15.3. The molecule has 2 aliphatic rings. The zero-order valence-electron chi connectivity index (χ0n) is 13.9. The Hall–Kier alpha value is -1.53. The Labute approximate surface area is 152 Å². The summed E-state index contributed by atoms with van der Waals surface area (Å²) in [5, 5.41) is 0. The van der Waals surface area contributed by atoms with Gasteiger partial charge in [0.15, 0.2) is 0 Å². The van der Waals surface area contributed by atoms with Gasteiger partial charge < -0.3 is 9.47 Å². The summed E-state index contributed by atoms with van der Waals surface area (Å²) in [7, 11) is 3.24. The Morgan fingerprint density at radius 3 is 2.62 bits per heavy atom. The molecular weight excluding hydrogens is 342 g/mol. The summed E-state index contributed by atoms with van der Waals surface area (Å²) in [5.74, 6) is 1.45. The standard InChI is InChI=1S/C18H21NO3S2/c1-21-14-8-9-15(22-2)12(10-14)11-16-17(20)19(18(23)24-16)13-6-4-3-5-7-13/h8-11,13H,3-7H2,1-2H3/b16-11+. The number of thiocarbonyl (C=S) groups is 1.